The van der Waals surface area contributed by atoms with Gasteiger partial charge in [-0.25, -0.2) is 9.97 Å². The average Bonchev–Trinajstić information content (AvgIpc) is 3.17. The molecule has 0 spiro atoms. The van der Waals surface area contributed by atoms with Crippen LogP contribution in [0.5, 0.6) is 0 Å². The maximum absolute atomic E-state index is 5.64. The molecule has 4 aromatic rings. The summed E-state index contributed by atoms with van der Waals surface area (Å²) in [4.78, 5) is 10.9. The lowest BCUT2D eigenvalue weighted by Crippen LogP contribution is -2.31. The summed E-state index contributed by atoms with van der Waals surface area (Å²) in [6.07, 6.45) is 5.17. The van der Waals surface area contributed by atoms with E-state index in [4.69, 9.17) is 4.42 Å². The molecule has 0 saturated carbocycles. The minimum absolute atomic E-state index is 0.339. The summed E-state index contributed by atoms with van der Waals surface area (Å²) < 4.78 is 5.64. The molecule has 0 aliphatic carbocycles. The van der Waals surface area contributed by atoms with E-state index >= 15 is 0 Å². The smallest absolute Gasteiger partial charge is 0.134 e. The molecule has 3 heterocycles. The first-order valence-electron chi connectivity index (χ1n) is 9.25. The molecule has 1 unspecified atom stereocenters. The lowest BCUT2D eigenvalue weighted by atomic mass is 9.81. The number of benzene rings is 2. The molecule has 1 aliphatic heterocycles. The van der Waals surface area contributed by atoms with E-state index in [-0.39, 0.29) is 0 Å². The van der Waals surface area contributed by atoms with Crippen LogP contribution < -0.4 is 0 Å². The van der Waals surface area contributed by atoms with Crippen molar-refractivity contribution in [3.8, 4) is 11.3 Å². The Labute approximate surface area is 158 Å². The fourth-order valence-electron chi connectivity index (χ4n) is 4.26. The zero-order valence-corrected chi connectivity index (χ0v) is 15.5. The van der Waals surface area contributed by atoms with E-state index in [1.807, 2.05) is 12.1 Å². The zero-order chi connectivity index (χ0) is 18.4. The third kappa shape index (κ3) is 2.73. The quantitative estimate of drug-likeness (QED) is 0.519. The number of furan rings is 1. The minimum Gasteiger partial charge on any atom is -0.464 e. The molecule has 134 valence electrons. The Balaban J connectivity index is 1.64. The standard InChI is InChI=1S/C23H21N3O/c1-15-18(22-7-9-24-14-25-22)5-6-19-20(15)12-26(2)13-21(19)17-4-3-16-8-10-27-23(16)11-17/h3-11,14,21H,12-13H2,1-2H3. The fraction of sp³-hybridized carbons (Fsp3) is 0.217. The summed E-state index contributed by atoms with van der Waals surface area (Å²) in [6.45, 7) is 4.17. The number of fused-ring (bicyclic) bond motifs is 2. The first-order chi connectivity index (χ1) is 13.2. The average molecular weight is 355 g/mol. The highest BCUT2D eigenvalue weighted by Crippen LogP contribution is 2.38. The Morgan fingerprint density at radius 1 is 1.11 bits per heavy atom. The largest absolute Gasteiger partial charge is 0.464 e. The van der Waals surface area contributed by atoms with E-state index in [0.29, 0.717) is 5.92 Å². The molecular weight excluding hydrogens is 334 g/mol. The molecule has 27 heavy (non-hydrogen) atoms. The molecule has 5 rings (SSSR count). The fourth-order valence-corrected chi connectivity index (χ4v) is 4.26. The van der Waals surface area contributed by atoms with Gasteiger partial charge in [0.15, 0.2) is 0 Å². The predicted molar refractivity (Wildman–Crippen MR) is 107 cm³/mol. The van der Waals surface area contributed by atoms with Gasteiger partial charge < -0.3 is 9.32 Å². The van der Waals surface area contributed by atoms with Crippen LogP contribution in [0.2, 0.25) is 0 Å². The second-order valence-electron chi connectivity index (χ2n) is 7.37. The summed E-state index contributed by atoms with van der Waals surface area (Å²) in [6, 6.07) is 15.1. The van der Waals surface area contributed by atoms with Gasteiger partial charge in [0.2, 0.25) is 0 Å². The maximum Gasteiger partial charge on any atom is 0.134 e. The van der Waals surface area contributed by atoms with Crippen molar-refractivity contribution in [2.24, 2.45) is 0 Å². The van der Waals surface area contributed by atoms with E-state index in [9.17, 15) is 0 Å². The van der Waals surface area contributed by atoms with Gasteiger partial charge in [-0.15, -0.1) is 0 Å². The summed E-state index contributed by atoms with van der Waals surface area (Å²) in [7, 11) is 2.19. The molecule has 0 radical (unpaired) electrons. The first kappa shape index (κ1) is 16.2. The molecule has 4 nitrogen and oxygen atoms in total. The van der Waals surface area contributed by atoms with Crippen LogP contribution >= 0.6 is 0 Å². The van der Waals surface area contributed by atoms with E-state index in [2.05, 4.69) is 59.2 Å². The Kier molecular flexibility index (Phi) is 3.80. The lowest BCUT2D eigenvalue weighted by molar-refractivity contribution is 0.294. The molecule has 0 N–H and O–H groups in total. The summed E-state index contributed by atoms with van der Waals surface area (Å²) >= 11 is 0. The van der Waals surface area contributed by atoms with E-state index < -0.39 is 0 Å². The molecule has 0 fully saturated rings. The van der Waals surface area contributed by atoms with Crippen molar-refractivity contribution in [3.63, 3.8) is 0 Å². The minimum atomic E-state index is 0.339. The van der Waals surface area contributed by atoms with Crippen molar-refractivity contribution in [2.75, 3.05) is 13.6 Å². The second-order valence-corrected chi connectivity index (χ2v) is 7.37. The van der Waals surface area contributed by atoms with Gasteiger partial charge in [0.05, 0.1) is 12.0 Å². The van der Waals surface area contributed by atoms with Gasteiger partial charge in [-0.1, -0.05) is 24.3 Å². The van der Waals surface area contributed by atoms with Crippen LogP contribution in [-0.4, -0.2) is 28.5 Å². The van der Waals surface area contributed by atoms with Crippen LogP contribution in [0.25, 0.3) is 22.2 Å². The van der Waals surface area contributed by atoms with Crippen molar-refractivity contribution < 1.29 is 4.42 Å². The Hall–Kier alpha value is -2.98. The van der Waals surface area contributed by atoms with Crippen molar-refractivity contribution in [2.45, 2.75) is 19.4 Å². The van der Waals surface area contributed by atoms with Gasteiger partial charge >= 0.3 is 0 Å². The predicted octanol–water partition coefficient (Wildman–Crippen LogP) is 4.78. The molecule has 2 aromatic heterocycles. The third-order valence-electron chi connectivity index (χ3n) is 5.67. The monoisotopic (exact) mass is 355 g/mol. The molecule has 1 atom stereocenters. The van der Waals surface area contributed by atoms with Crippen molar-refractivity contribution in [3.05, 3.63) is 83.5 Å². The lowest BCUT2D eigenvalue weighted by Gasteiger charge is -2.34. The van der Waals surface area contributed by atoms with Crippen LogP contribution in [0.15, 0.2) is 65.7 Å². The molecule has 0 amide bonds. The number of rotatable bonds is 2. The van der Waals surface area contributed by atoms with Gasteiger partial charge in [0.25, 0.3) is 0 Å². The SMILES string of the molecule is Cc1c(-c2ccncn2)ccc2c1CN(C)CC2c1ccc2ccoc2c1. The van der Waals surface area contributed by atoms with E-state index in [1.165, 1.54) is 27.8 Å². The second kappa shape index (κ2) is 6.32. The number of hydrogen-bond acceptors (Lipinski definition) is 4. The molecule has 4 heteroatoms. The van der Waals surface area contributed by atoms with Gasteiger partial charge in [-0.3, -0.25) is 0 Å². The van der Waals surface area contributed by atoms with Crippen molar-refractivity contribution in [1.29, 1.82) is 0 Å². The third-order valence-corrected chi connectivity index (χ3v) is 5.67. The number of nitrogens with zero attached hydrogens (tertiary/aromatic N) is 3. The molecule has 0 saturated heterocycles. The summed E-state index contributed by atoms with van der Waals surface area (Å²) in [5, 5.41) is 1.15. The van der Waals surface area contributed by atoms with Crippen LogP contribution in [0, 0.1) is 6.92 Å². The van der Waals surface area contributed by atoms with Crippen LogP contribution in [-0.2, 0) is 6.54 Å². The van der Waals surface area contributed by atoms with Gasteiger partial charge in [-0.2, -0.15) is 0 Å². The van der Waals surface area contributed by atoms with Gasteiger partial charge in [0.1, 0.15) is 11.9 Å². The maximum atomic E-state index is 5.64. The van der Waals surface area contributed by atoms with Crippen LogP contribution in [0.1, 0.15) is 28.2 Å². The first-order valence-corrected chi connectivity index (χ1v) is 9.25. The highest BCUT2D eigenvalue weighted by Gasteiger charge is 2.27. The van der Waals surface area contributed by atoms with Crippen molar-refractivity contribution in [1.82, 2.24) is 14.9 Å². The Bertz CT molecular complexity index is 1120. The van der Waals surface area contributed by atoms with Crippen LogP contribution in [0.3, 0.4) is 0 Å². The Morgan fingerprint density at radius 2 is 2.04 bits per heavy atom. The van der Waals surface area contributed by atoms with Gasteiger partial charge in [0, 0.05) is 36.2 Å². The summed E-state index contributed by atoms with van der Waals surface area (Å²) in [5.41, 5.74) is 8.55. The molecule has 0 bridgehead atoms. The van der Waals surface area contributed by atoms with E-state index in [1.54, 1.807) is 18.8 Å². The highest BCUT2D eigenvalue weighted by molar-refractivity contribution is 5.78. The van der Waals surface area contributed by atoms with E-state index in [0.717, 1.165) is 29.8 Å². The number of likely N-dealkylation sites (N-methyl/N-ethyl adjacent to an activating group) is 1. The summed E-state index contributed by atoms with van der Waals surface area (Å²) in [5.74, 6) is 0.339. The van der Waals surface area contributed by atoms with Crippen LogP contribution in [0.4, 0.5) is 0 Å². The zero-order valence-electron chi connectivity index (χ0n) is 15.5. The molecular formula is C23H21N3O. The molecule has 1 aliphatic rings. The molecule has 2 aromatic carbocycles. The highest BCUT2D eigenvalue weighted by atomic mass is 16.3. The Morgan fingerprint density at radius 3 is 2.89 bits per heavy atom. The van der Waals surface area contributed by atoms with Crippen molar-refractivity contribution >= 4 is 11.0 Å². The topological polar surface area (TPSA) is 42.2 Å². The normalized spacial score (nSPS) is 17.2. The number of aromatic nitrogens is 2. The van der Waals surface area contributed by atoms with Gasteiger partial charge in [-0.05, 0) is 54.4 Å². The number of hydrogen-bond donors (Lipinski definition) is 0.